The number of allylic oxidation sites excluding steroid dienone is 3. The van der Waals surface area contributed by atoms with Gasteiger partial charge in [0.05, 0.1) is 25.4 Å². The number of hydrogen-bond acceptors (Lipinski definition) is 4. The third-order valence-electron chi connectivity index (χ3n) is 9.02. The normalized spacial score (nSPS) is 43.4. The van der Waals surface area contributed by atoms with Crippen molar-refractivity contribution in [2.45, 2.75) is 84.0 Å². The fourth-order valence-corrected chi connectivity index (χ4v) is 7.21. The van der Waals surface area contributed by atoms with Gasteiger partial charge in [-0.15, -0.1) is 0 Å². The van der Waals surface area contributed by atoms with Gasteiger partial charge in [0.25, 0.3) is 0 Å². The zero-order chi connectivity index (χ0) is 22.2. The maximum atomic E-state index is 10.2. The van der Waals surface area contributed by atoms with Crippen LogP contribution in [0.1, 0.15) is 65.7 Å². The number of morpholine rings is 1. The second-order valence-corrected chi connectivity index (χ2v) is 11.1. The van der Waals surface area contributed by atoms with Crippen molar-refractivity contribution in [3.63, 3.8) is 0 Å². The van der Waals surface area contributed by atoms with E-state index < -0.39 is 12.2 Å². The molecule has 3 saturated carbocycles. The molecule has 0 spiro atoms. The molecule has 0 bridgehead atoms. The van der Waals surface area contributed by atoms with Gasteiger partial charge >= 0.3 is 0 Å². The third-order valence-corrected chi connectivity index (χ3v) is 9.02. The minimum absolute atomic E-state index is 0.389. The summed E-state index contributed by atoms with van der Waals surface area (Å²) in [5, 5.41) is 20.2. The molecule has 7 atom stereocenters. The molecule has 0 aromatic heterocycles. The molecule has 4 rings (SSSR count). The Morgan fingerprint density at radius 2 is 2.10 bits per heavy atom. The first-order chi connectivity index (χ1) is 14.8. The lowest BCUT2D eigenvalue weighted by molar-refractivity contribution is -0.0176. The van der Waals surface area contributed by atoms with Crippen molar-refractivity contribution in [1.29, 1.82) is 0 Å². The number of aliphatic hydroxyl groups is 2. The highest BCUT2D eigenvalue weighted by molar-refractivity contribution is 5.38. The molecule has 0 aromatic carbocycles. The van der Waals surface area contributed by atoms with Crippen LogP contribution in [0.4, 0.5) is 0 Å². The number of ether oxygens (including phenoxy) is 1. The van der Waals surface area contributed by atoms with Gasteiger partial charge < -0.3 is 14.9 Å². The molecule has 4 fully saturated rings. The number of aliphatic hydroxyl groups excluding tert-OH is 2. The largest absolute Gasteiger partial charge is 0.393 e. The summed E-state index contributed by atoms with van der Waals surface area (Å²) in [4.78, 5) is 2.64. The Balaban J connectivity index is 1.48. The summed E-state index contributed by atoms with van der Waals surface area (Å²) < 4.78 is 5.64. The molecule has 0 radical (unpaired) electrons. The standard InChI is InChI=1S/C27H43NO3/c1-18(16-28-12-13-31-17-19(28)2)24-9-10-25-21(6-5-11-27(24,25)4)7-8-22-14-23(29)15-26(30)20(22)3/h7-8,18-19,23-26,29-30H,3,5-6,9-17H2,1-2,4H3/b21-7+,22-8-/t18-,19+,23-,24-,25+,26+,27-/m1/s1. The topological polar surface area (TPSA) is 52.9 Å². The minimum Gasteiger partial charge on any atom is -0.393 e. The van der Waals surface area contributed by atoms with Crippen molar-refractivity contribution in [2.24, 2.45) is 23.2 Å². The van der Waals surface area contributed by atoms with Gasteiger partial charge in [-0.25, -0.2) is 0 Å². The van der Waals surface area contributed by atoms with E-state index in [1.54, 1.807) is 5.57 Å². The van der Waals surface area contributed by atoms with E-state index in [1.165, 1.54) is 38.6 Å². The van der Waals surface area contributed by atoms with Crippen LogP contribution in [0.5, 0.6) is 0 Å². The van der Waals surface area contributed by atoms with E-state index in [1.807, 2.05) is 0 Å². The van der Waals surface area contributed by atoms with E-state index >= 15 is 0 Å². The van der Waals surface area contributed by atoms with E-state index in [2.05, 4.69) is 44.4 Å². The van der Waals surface area contributed by atoms with E-state index in [-0.39, 0.29) is 0 Å². The Hall–Kier alpha value is -0.940. The van der Waals surface area contributed by atoms with Crippen LogP contribution in [0.25, 0.3) is 0 Å². The van der Waals surface area contributed by atoms with Gasteiger partial charge in [-0.3, -0.25) is 4.90 Å². The Kier molecular flexibility index (Phi) is 7.12. The molecule has 1 heterocycles. The molecular formula is C27H43NO3. The molecule has 4 heteroatoms. The van der Waals surface area contributed by atoms with Crippen molar-refractivity contribution in [2.75, 3.05) is 26.3 Å². The number of rotatable bonds is 4. The molecule has 1 saturated heterocycles. The summed E-state index contributed by atoms with van der Waals surface area (Å²) in [6.45, 7) is 15.4. The maximum absolute atomic E-state index is 10.2. The van der Waals surface area contributed by atoms with Crippen LogP contribution in [-0.4, -0.2) is 59.7 Å². The van der Waals surface area contributed by atoms with Crippen LogP contribution in [0.15, 0.2) is 35.5 Å². The summed E-state index contributed by atoms with van der Waals surface area (Å²) in [6.07, 6.45) is 10.9. The lowest BCUT2D eigenvalue weighted by atomic mass is 9.61. The average molecular weight is 430 g/mol. The van der Waals surface area contributed by atoms with E-state index in [4.69, 9.17) is 4.74 Å². The molecule has 4 nitrogen and oxygen atoms in total. The monoisotopic (exact) mass is 429 g/mol. The molecule has 2 N–H and O–H groups in total. The fraction of sp³-hybridized carbons (Fsp3) is 0.778. The molecule has 31 heavy (non-hydrogen) atoms. The van der Waals surface area contributed by atoms with Crippen molar-refractivity contribution in [3.8, 4) is 0 Å². The Labute approximate surface area is 189 Å². The van der Waals surface area contributed by atoms with Crippen molar-refractivity contribution in [1.82, 2.24) is 4.90 Å². The minimum atomic E-state index is -0.607. The molecule has 3 aliphatic carbocycles. The van der Waals surface area contributed by atoms with Crippen molar-refractivity contribution >= 4 is 0 Å². The third kappa shape index (κ3) is 4.73. The zero-order valence-corrected chi connectivity index (χ0v) is 19.9. The average Bonchev–Trinajstić information content (AvgIpc) is 3.09. The lowest BCUT2D eigenvalue weighted by Crippen LogP contribution is -2.47. The highest BCUT2D eigenvalue weighted by Crippen LogP contribution is 2.59. The molecule has 174 valence electrons. The summed E-state index contributed by atoms with van der Waals surface area (Å²) in [7, 11) is 0. The van der Waals surface area contributed by atoms with Gasteiger partial charge in [-0.2, -0.15) is 0 Å². The molecule has 0 amide bonds. The van der Waals surface area contributed by atoms with Crippen LogP contribution < -0.4 is 0 Å². The maximum Gasteiger partial charge on any atom is 0.0811 e. The van der Waals surface area contributed by atoms with Gasteiger partial charge in [0.1, 0.15) is 0 Å². The van der Waals surface area contributed by atoms with Gasteiger partial charge in [-0.1, -0.05) is 38.2 Å². The molecule has 0 unspecified atom stereocenters. The van der Waals surface area contributed by atoms with E-state index in [9.17, 15) is 10.2 Å². The quantitative estimate of drug-likeness (QED) is 0.692. The van der Waals surface area contributed by atoms with Crippen LogP contribution in [-0.2, 0) is 4.74 Å². The number of nitrogens with zero attached hydrogens (tertiary/aromatic N) is 1. The number of fused-ring (bicyclic) bond motifs is 1. The summed E-state index contributed by atoms with van der Waals surface area (Å²) >= 11 is 0. The Morgan fingerprint density at radius 3 is 2.87 bits per heavy atom. The van der Waals surface area contributed by atoms with E-state index in [0.29, 0.717) is 36.1 Å². The highest BCUT2D eigenvalue weighted by atomic mass is 16.5. The predicted molar refractivity (Wildman–Crippen MR) is 126 cm³/mol. The molecule has 4 aliphatic rings. The highest BCUT2D eigenvalue weighted by Gasteiger charge is 2.50. The second kappa shape index (κ2) is 9.51. The molecule has 0 aromatic rings. The predicted octanol–water partition coefficient (Wildman–Crippen LogP) is 4.48. The second-order valence-electron chi connectivity index (χ2n) is 11.1. The van der Waals surface area contributed by atoms with Crippen molar-refractivity contribution in [3.05, 3.63) is 35.5 Å². The summed E-state index contributed by atoms with van der Waals surface area (Å²) in [6, 6.07) is 0.531. The molecule has 1 aliphatic heterocycles. The van der Waals surface area contributed by atoms with Gasteiger partial charge in [-0.05, 0) is 79.8 Å². The fourth-order valence-electron chi connectivity index (χ4n) is 7.21. The van der Waals surface area contributed by atoms with Crippen LogP contribution >= 0.6 is 0 Å². The Bertz CT molecular complexity index is 728. The van der Waals surface area contributed by atoms with Gasteiger partial charge in [0.15, 0.2) is 0 Å². The van der Waals surface area contributed by atoms with Crippen LogP contribution in [0.2, 0.25) is 0 Å². The van der Waals surface area contributed by atoms with Gasteiger partial charge in [0.2, 0.25) is 0 Å². The lowest BCUT2D eigenvalue weighted by Gasteiger charge is -2.46. The Morgan fingerprint density at radius 1 is 1.29 bits per heavy atom. The summed E-state index contributed by atoms with van der Waals surface area (Å²) in [5.41, 5.74) is 3.78. The smallest absolute Gasteiger partial charge is 0.0811 e. The van der Waals surface area contributed by atoms with Crippen LogP contribution in [0, 0.1) is 23.2 Å². The van der Waals surface area contributed by atoms with Crippen molar-refractivity contribution < 1.29 is 14.9 Å². The SMILES string of the molecule is C=C1/C(=C\C=C2/CCC[C@]3(C)[C@@H]([C@H](C)CN4CCOC[C@@H]4C)CC[C@@H]23)C[C@@H](O)C[C@@H]1O. The first-order valence-electron chi connectivity index (χ1n) is 12.6. The first kappa shape index (κ1) is 23.2. The summed E-state index contributed by atoms with van der Waals surface area (Å²) in [5.74, 6) is 2.15. The van der Waals surface area contributed by atoms with Gasteiger partial charge in [0, 0.05) is 25.6 Å². The molecular weight excluding hydrogens is 386 g/mol. The number of hydrogen-bond donors (Lipinski definition) is 2. The van der Waals surface area contributed by atoms with Crippen LogP contribution in [0.3, 0.4) is 0 Å². The first-order valence-corrected chi connectivity index (χ1v) is 12.6. The zero-order valence-electron chi connectivity index (χ0n) is 19.9. The van der Waals surface area contributed by atoms with E-state index in [0.717, 1.165) is 36.8 Å².